The van der Waals surface area contributed by atoms with Crippen LogP contribution in [0.3, 0.4) is 0 Å². The lowest BCUT2D eigenvalue weighted by Gasteiger charge is -2.08. The molecule has 0 fully saturated rings. The lowest BCUT2D eigenvalue weighted by atomic mass is 10.1. The van der Waals surface area contributed by atoms with Crippen LogP contribution in [0.5, 0.6) is 0 Å². The summed E-state index contributed by atoms with van der Waals surface area (Å²) in [6.45, 7) is 2.46. The van der Waals surface area contributed by atoms with Gasteiger partial charge in [-0.2, -0.15) is 5.10 Å². The molecular weight excluding hydrogens is 326 g/mol. The molecule has 132 valence electrons. The molecule has 1 amide bonds. The molecule has 0 atom stereocenters. The van der Waals surface area contributed by atoms with Gasteiger partial charge in [-0.3, -0.25) is 9.59 Å². The van der Waals surface area contributed by atoms with E-state index >= 15 is 0 Å². The van der Waals surface area contributed by atoms with Crippen LogP contribution in [-0.2, 0) is 17.8 Å². The minimum absolute atomic E-state index is 0.0815. The van der Waals surface area contributed by atoms with E-state index in [-0.39, 0.29) is 18.0 Å². The highest BCUT2D eigenvalue weighted by molar-refractivity contribution is 5.75. The smallest absolute Gasteiger partial charge is 0.267 e. The van der Waals surface area contributed by atoms with Crippen LogP contribution in [0.4, 0.5) is 0 Å². The van der Waals surface area contributed by atoms with Crippen molar-refractivity contribution in [3.05, 3.63) is 88.3 Å². The zero-order chi connectivity index (χ0) is 18.4. The predicted molar refractivity (Wildman–Crippen MR) is 102 cm³/mol. The summed E-state index contributed by atoms with van der Waals surface area (Å²) in [6, 6.07) is 19.3. The Balaban J connectivity index is 1.58. The van der Waals surface area contributed by atoms with Crippen LogP contribution in [0, 0.1) is 6.92 Å². The molecule has 26 heavy (non-hydrogen) atoms. The number of amides is 1. The maximum Gasteiger partial charge on any atom is 0.267 e. The van der Waals surface area contributed by atoms with Crippen LogP contribution in [0.15, 0.2) is 71.7 Å². The van der Waals surface area contributed by atoms with Crippen molar-refractivity contribution < 1.29 is 4.79 Å². The normalized spacial score (nSPS) is 10.5. The molecule has 0 radical (unpaired) electrons. The fourth-order valence-corrected chi connectivity index (χ4v) is 2.64. The molecule has 1 heterocycles. The Morgan fingerprint density at radius 3 is 2.46 bits per heavy atom. The first-order valence-corrected chi connectivity index (χ1v) is 8.57. The lowest BCUT2D eigenvalue weighted by molar-refractivity contribution is -0.121. The SMILES string of the molecule is Cc1ccc(-c2cnn(CC(=O)NCCc3ccccc3)c(=O)c2)cc1. The summed E-state index contributed by atoms with van der Waals surface area (Å²) in [7, 11) is 0. The average molecular weight is 347 g/mol. The number of nitrogens with zero attached hydrogens (tertiary/aromatic N) is 2. The maximum atomic E-state index is 12.2. The molecule has 1 N–H and O–H groups in total. The van der Waals surface area contributed by atoms with E-state index in [2.05, 4.69) is 10.4 Å². The Hall–Kier alpha value is -3.21. The first kappa shape index (κ1) is 17.6. The largest absolute Gasteiger partial charge is 0.354 e. The molecule has 5 heteroatoms. The van der Waals surface area contributed by atoms with Crippen molar-refractivity contribution in [2.75, 3.05) is 6.54 Å². The van der Waals surface area contributed by atoms with Crippen molar-refractivity contribution in [2.45, 2.75) is 19.9 Å². The second-order valence-corrected chi connectivity index (χ2v) is 6.19. The van der Waals surface area contributed by atoms with Gasteiger partial charge in [0.2, 0.25) is 5.91 Å². The van der Waals surface area contributed by atoms with E-state index in [1.807, 2.05) is 61.5 Å². The molecule has 0 spiro atoms. The van der Waals surface area contributed by atoms with Crippen molar-refractivity contribution in [2.24, 2.45) is 0 Å². The lowest BCUT2D eigenvalue weighted by Crippen LogP contribution is -2.34. The number of rotatable bonds is 6. The van der Waals surface area contributed by atoms with Gasteiger partial charge in [0.25, 0.3) is 5.56 Å². The van der Waals surface area contributed by atoms with Gasteiger partial charge in [0.1, 0.15) is 6.54 Å². The summed E-state index contributed by atoms with van der Waals surface area (Å²) in [6.07, 6.45) is 2.37. The van der Waals surface area contributed by atoms with E-state index in [1.165, 1.54) is 10.7 Å². The van der Waals surface area contributed by atoms with Crippen molar-refractivity contribution in [1.82, 2.24) is 15.1 Å². The molecule has 1 aromatic heterocycles. The second-order valence-electron chi connectivity index (χ2n) is 6.19. The van der Waals surface area contributed by atoms with Crippen molar-refractivity contribution in [3.8, 4) is 11.1 Å². The molecule has 0 unspecified atom stereocenters. The first-order valence-electron chi connectivity index (χ1n) is 8.57. The van der Waals surface area contributed by atoms with E-state index < -0.39 is 0 Å². The van der Waals surface area contributed by atoms with Gasteiger partial charge in [-0.25, -0.2) is 4.68 Å². The van der Waals surface area contributed by atoms with E-state index in [9.17, 15) is 9.59 Å². The number of carbonyl (C=O) groups is 1. The van der Waals surface area contributed by atoms with Crippen LogP contribution in [0.25, 0.3) is 11.1 Å². The second kappa shape index (κ2) is 8.25. The Morgan fingerprint density at radius 1 is 1.04 bits per heavy atom. The van der Waals surface area contributed by atoms with Gasteiger partial charge in [-0.05, 0) is 24.5 Å². The average Bonchev–Trinajstić information content (AvgIpc) is 2.65. The van der Waals surface area contributed by atoms with Gasteiger partial charge in [0.15, 0.2) is 0 Å². The van der Waals surface area contributed by atoms with Gasteiger partial charge >= 0.3 is 0 Å². The van der Waals surface area contributed by atoms with E-state index in [0.717, 1.165) is 28.7 Å². The minimum Gasteiger partial charge on any atom is -0.354 e. The highest BCUT2D eigenvalue weighted by atomic mass is 16.2. The summed E-state index contributed by atoms with van der Waals surface area (Å²) in [5.41, 5.74) is 3.70. The number of hydrogen-bond donors (Lipinski definition) is 1. The molecule has 5 nitrogen and oxygen atoms in total. The minimum atomic E-state index is -0.290. The highest BCUT2D eigenvalue weighted by Crippen LogP contribution is 2.16. The van der Waals surface area contributed by atoms with Crippen LogP contribution < -0.4 is 10.9 Å². The number of aryl methyl sites for hydroxylation is 1. The molecular formula is C21H21N3O2. The summed E-state index contributed by atoms with van der Waals surface area (Å²) in [5.74, 6) is -0.224. The number of hydrogen-bond acceptors (Lipinski definition) is 3. The topological polar surface area (TPSA) is 64.0 Å². The number of nitrogens with one attached hydrogen (secondary N) is 1. The van der Waals surface area contributed by atoms with Crippen LogP contribution in [0.2, 0.25) is 0 Å². The molecule has 0 bridgehead atoms. The molecule has 0 saturated carbocycles. The molecule has 0 aliphatic heterocycles. The van der Waals surface area contributed by atoms with Crippen LogP contribution >= 0.6 is 0 Å². The Morgan fingerprint density at radius 2 is 1.77 bits per heavy atom. The third-order valence-electron chi connectivity index (χ3n) is 4.13. The Labute approximate surface area is 152 Å². The van der Waals surface area contributed by atoms with E-state index in [0.29, 0.717) is 6.54 Å². The fourth-order valence-electron chi connectivity index (χ4n) is 2.64. The van der Waals surface area contributed by atoms with Gasteiger partial charge in [0.05, 0.1) is 6.20 Å². The fraction of sp³-hybridized carbons (Fsp3) is 0.190. The summed E-state index contributed by atoms with van der Waals surface area (Å²) in [5, 5.41) is 6.95. The van der Waals surface area contributed by atoms with Gasteiger partial charge < -0.3 is 5.32 Å². The Bertz CT molecular complexity index is 931. The van der Waals surface area contributed by atoms with Gasteiger partial charge in [-0.1, -0.05) is 60.2 Å². The third kappa shape index (κ3) is 4.66. The number of benzene rings is 2. The standard InChI is InChI=1S/C21H21N3O2/c1-16-7-9-18(10-8-16)19-13-21(26)24(23-14-19)15-20(25)22-12-11-17-5-3-2-4-6-17/h2-10,13-14H,11-12,15H2,1H3,(H,22,25). The predicted octanol–water partition coefficient (Wildman–Crippen LogP) is 2.58. The number of carbonyl (C=O) groups excluding carboxylic acids is 1. The summed E-state index contributed by atoms with van der Waals surface area (Å²) in [4.78, 5) is 24.3. The van der Waals surface area contributed by atoms with E-state index in [4.69, 9.17) is 0 Å². The van der Waals surface area contributed by atoms with Crippen molar-refractivity contribution in [3.63, 3.8) is 0 Å². The first-order chi connectivity index (χ1) is 12.6. The van der Waals surface area contributed by atoms with Gasteiger partial charge in [-0.15, -0.1) is 0 Å². The zero-order valence-corrected chi connectivity index (χ0v) is 14.7. The molecule has 0 aliphatic carbocycles. The highest BCUT2D eigenvalue weighted by Gasteiger charge is 2.07. The Kier molecular flexibility index (Phi) is 5.59. The molecule has 0 aliphatic rings. The van der Waals surface area contributed by atoms with Crippen LogP contribution in [0.1, 0.15) is 11.1 Å². The maximum absolute atomic E-state index is 12.2. The van der Waals surface area contributed by atoms with Gasteiger partial charge in [0, 0.05) is 18.2 Å². The molecule has 3 aromatic rings. The van der Waals surface area contributed by atoms with Crippen LogP contribution in [-0.4, -0.2) is 22.2 Å². The van der Waals surface area contributed by atoms with Crippen molar-refractivity contribution in [1.29, 1.82) is 0 Å². The van der Waals surface area contributed by atoms with Crippen molar-refractivity contribution >= 4 is 5.91 Å². The zero-order valence-electron chi connectivity index (χ0n) is 14.7. The quantitative estimate of drug-likeness (QED) is 0.745. The van der Waals surface area contributed by atoms with E-state index in [1.54, 1.807) is 6.20 Å². The molecule has 2 aromatic carbocycles. The molecule has 0 saturated heterocycles. The summed E-state index contributed by atoms with van der Waals surface area (Å²) < 4.78 is 1.18. The third-order valence-corrected chi connectivity index (χ3v) is 4.13. The number of aromatic nitrogens is 2. The summed E-state index contributed by atoms with van der Waals surface area (Å²) >= 11 is 0. The monoisotopic (exact) mass is 347 g/mol. The molecule has 3 rings (SSSR count).